The van der Waals surface area contributed by atoms with E-state index >= 15 is 0 Å². The van der Waals surface area contributed by atoms with E-state index in [2.05, 4.69) is 68.3 Å². The molecule has 0 radical (unpaired) electrons. The van der Waals surface area contributed by atoms with Crippen LogP contribution in [0.5, 0.6) is 0 Å². The first kappa shape index (κ1) is 16.4. The molecule has 0 spiro atoms. The highest BCUT2D eigenvalue weighted by atomic mass is 127. The molecule has 0 aliphatic carbocycles. The molecule has 0 aromatic carbocycles. The van der Waals surface area contributed by atoms with Crippen molar-refractivity contribution in [1.82, 2.24) is 0 Å². The van der Waals surface area contributed by atoms with Crippen molar-refractivity contribution in [2.45, 2.75) is 51.7 Å². The first-order chi connectivity index (χ1) is 7.31. The van der Waals surface area contributed by atoms with E-state index in [0.717, 1.165) is 6.42 Å². The summed E-state index contributed by atoms with van der Waals surface area (Å²) in [5.41, 5.74) is 3.19. The second-order valence-electron chi connectivity index (χ2n) is 5.48. The molecule has 0 aromatic heterocycles. The van der Waals surface area contributed by atoms with Crippen LogP contribution in [0.15, 0.2) is 17.9 Å². The van der Waals surface area contributed by atoms with Crippen LogP contribution in [0.3, 0.4) is 0 Å². The lowest BCUT2D eigenvalue weighted by Crippen LogP contribution is -2.40. The van der Waals surface area contributed by atoms with Crippen LogP contribution in [-0.4, -0.2) is 19.4 Å². The van der Waals surface area contributed by atoms with Crippen LogP contribution in [0.2, 0.25) is 18.1 Å². The third kappa shape index (κ3) is 6.89. The van der Waals surface area contributed by atoms with E-state index in [9.17, 15) is 0 Å². The molecule has 0 atom stereocenters. The SMILES string of the molecule is CC(C)(C)[Si](C)(C)OCC=C=CCCCI. The fraction of sp³-hybridized carbons (Fsp3) is 0.769. The van der Waals surface area contributed by atoms with Gasteiger partial charge in [0.25, 0.3) is 0 Å². The van der Waals surface area contributed by atoms with E-state index in [0.29, 0.717) is 11.6 Å². The van der Waals surface area contributed by atoms with Gasteiger partial charge in [0.2, 0.25) is 0 Å². The van der Waals surface area contributed by atoms with Crippen LogP contribution in [0.25, 0.3) is 0 Å². The van der Waals surface area contributed by atoms with Gasteiger partial charge in [0, 0.05) is 0 Å². The van der Waals surface area contributed by atoms with Crippen LogP contribution in [0.1, 0.15) is 33.6 Å². The molecule has 0 amide bonds. The molecule has 0 rings (SSSR count). The zero-order valence-corrected chi connectivity index (χ0v) is 14.4. The second kappa shape index (κ2) is 7.70. The summed E-state index contributed by atoms with van der Waals surface area (Å²) in [6.45, 7) is 12.1. The Kier molecular flexibility index (Phi) is 7.90. The van der Waals surface area contributed by atoms with E-state index in [1.54, 1.807) is 0 Å². The summed E-state index contributed by atoms with van der Waals surface area (Å²) in [5.74, 6) is 0. The third-order valence-electron chi connectivity index (χ3n) is 3.05. The largest absolute Gasteiger partial charge is 0.413 e. The maximum absolute atomic E-state index is 6.00. The summed E-state index contributed by atoms with van der Waals surface area (Å²) in [6.07, 6.45) is 6.48. The lowest BCUT2D eigenvalue weighted by atomic mass is 10.2. The quantitative estimate of drug-likeness (QED) is 0.216. The Bertz CT molecular complexity index is 247. The highest BCUT2D eigenvalue weighted by Gasteiger charge is 2.36. The van der Waals surface area contributed by atoms with Crippen molar-refractivity contribution >= 4 is 30.9 Å². The van der Waals surface area contributed by atoms with Gasteiger partial charge in [-0.15, -0.1) is 5.73 Å². The van der Waals surface area contributed by atoms with Gasteiger partial charge in [-0.05, 0) is 47.6 Å². The van der Waals surface area contributed by atoms with E-state index in [1.807, 2.05) is 6.08 Å². The summed E-state index contributed by atoms with van der Waals surface area (Å²) < 4.78 is 7.22. The Morgan fingerprint density at radius 2 is 1.88 bits per heavy atom. The lowest BCUT2D eigenvalue weighted by Gasteiger charge is -2.35. The Labute approximate surface area is 116 Å². The fourth-order valence-corrected chi connectivity index (χ4v) is 2.23. The molecule has 0 unspecified atom stereocenters. The van der Waals surface area contributed by atoms with Crippen molar-refractivity contribution in [3.63, 3.8) is 0 Å². The molecule has 0 aliphatic heterocycles. The standard InChI is InChI=1S/C13H25IOSi/c1-13(2,3)16(4,5)15-12-10-8-6-7-9-11-14/h6,10H,7,9,11-12H2,1-5H3. The minimum Gasteiger partial charge on any atom is -0.413 e. The summed E-state index contributed by atoms with van der Waals surface area (Å²) >= 11 is 2.40. The molecule has 0 saturated heterocycles. The minimum atomic E-state index is -1.57. The maximum atomic E-state index is 6.00. The van der Waals surface area contributed by atoms with Gasteiger partial charge in [0.15, 0.2) is 8.32 Å². The molecule has 0 aromatic rings. The molecule has 94 valence electrons. The number of unbranched alkanes of at least 4 members (excludes halogenated alkanes) is 1. The average Bonchev–Trinajstić information content (AvgIpc) is 2.14. The lowest BCUT2D eigenvalue weighted by molar-refractivity contribution is 0.328. The molecule has 0 bridgehead atoms. The Balaban J connectivity index is 3.94. The molecule has 16 heavy (non-hydrogen) atoms. The normalized spacial score (nSPS) is 12.1. The number of hydrogen-bond acceptors (Lipinski definition) is 1. The minimum absolute atomic E-state index is 0.297. The number of halogens is 1. The molecule has 3 heteroatoms. The topological polar surface area (TPSA) is 9.23 Å². The summed E-state index contributed by atoms with van der Waals surface area (Å²) in [5, 5.41) is 0.297. The summed E-state index contributed by atoms with van der Waals surface area (Å²) in [7, 11) is -1.57. The first-order valence-corrected chi connectivity index (χ1v) is 10.3. The van der Waals surface area contributed by atoms with Gasteiger partial charge in [-0.1, -0.05) is 43.4 Å². The van der Waals surface area contributed by atoms with Gasteiger partial charge in [-0.2, -0.15) is 0 Å². The summed E-state index contributed by atoms with van der Waals surface area (Å²) in [4.78, 5) is 0. The molecule has 1 nitrogen and oxygen atoms in total. The average molecular weight is 352 g/mol. The molecule has 0 aliphatic rings. The second-order valence-corrected chi connectivity index (χ2v) is 11.4. The van der Waals surface area contributed by atoms with Crippen molar-refractivity contribution in [2.75, 3.05) is 11.0 Å². The highest BCUT2D eigenvalue weighted by molar-refractivity contribution is 14.1. The number of hydrogen-bond donors (Lipinski definition) is 0. The number of rotatable bonds is 6. The van der Waals surface area contributed by atoms with Crippen molar-refractivity contribution in [3.05, 3.63) is 17.9 Å². The molecule has 0 fully saturated rings. The van der Waals surface area contributed by atoms with E-state index in [-0.39, 0.29) is 0 Å². The highest BCUT2D eigenvalue weighted by Crippen LogP contribution is 2.36. The predicted molar refractivity (Wildman–Crippen MR) is 83.9 cm³/mol. The van der Waals surface area contributed by atoms with Crippen molar-refractivity contribution in [3.8, 4) is 0 Å². The van der Waals surface area contributed by atoms with E-state index in [1.165, 1.54) is 10.8 Å². The molecule has 0 saturated carbocycles. The van der Waals surface area contributed by atoms with Gasteiger partial charge >= 0.3 is 0 Å². The Morgan fingerprint density at radius 1 is 1.25 bits per heavy atom. The van der Waals surface area contributed by atoms with Crippen LogP contribution < -0.4 is 0 Å². The van der Waals surface area contributed by atoms with Crippen LogP contribution in [0, 0.1) is 0 Å². The van der Waals surface area contributed by atoms with Gasteiger partial charge in [-0.25, -0.2) is 0 Å². The smallest absolute Gasteiger partial charge is 0.192 e. The summed E-state index contributed by atoms with van der Waals surface area (Å²) in [6, 6.07) is 0. The van der Waals surface area contributed by atoms with Gasteiger partial charge in [0.05, 0.1) is 6.61 Å². The molecular weight excluding hydrogens is 327 g/mol. The zero-order valence-electron chi connectivity index (χ0n) is 11.3. The predicted octanol–water partition coefficient (Wildman–Crippen LogP) is 4.93. The van der Waals surface area contributed by atoms with Gasteiger partial charge in [-0.3, -0.25) is 0 Å². The van der Waals surface area contributed by atoms with E-state index < -0.39 is 8.32 Å². The zero-order chi connectivity index (χ0) is 12.7. The van der Waals surface area contributed by atoms with Gasteiger partial charge in [0.1, 0.15) is 0 Å². The Hall–Kier alpha value is 0.427. The number of alkyl halides is 1. The van der Waals surface area contributed by atoms with Crippen molar-refractivity contribution < 1.29 is 4.43 Å². The molecular formula is C13H25IOSi. The fourth-order valence-electron chi connectivity index (χ4n) is 0.860. The van der Waals surface area contributed by atoms with Crippen molar-refractivity contribution in [2.24, 2.45) is 0 Å². The first-order valence-electron chi connectivity index (χ1n) is 5.90. The van der Waals surface area contributed by atoms with Crippen LogP contribution in [0.4, 0.5) is 0 Å². The Morgan fingerprint density at radius 3 is 2.38 bits per heavy atom. The molecule has 0 heterocycles. The van der Waals surface area contributed by atoms with Gasteiger partial charge < -0.3 is 4.43 Å². The maximum Gasteiger partial charge on any atom is 0.192 e. The van der Waals surface area contributed by atoms with Crippen molar-refractivity contribution in [1.29, 1.82) is 0 Å². The third-order valence-corrected chi connectivity index (χ3v) is 8.32. The van der Waals surface area contributed by atoms with E-state index in [4.69, 9.17) is 4.43 Å². The molecule has 0 N–H and O–H groups in total. The van der Waals surface area contributed by atoms with Crippen LogP contribution >= 0.6 is 22.6 Å². The monoisotopic (exact) mass is 352 g/mol. The van der Waals surface area contributed by atoms with Crippen LogP contribution in [-0.2, 0) is 4.43 Å².